The van der Waals surface area contributed by atoms with Crippen LogP contribution in [0.25, 0.3) is 17.0 Å². The molecule has 0 saturated carbocycles. The average molecular weight is 335 g/mol. The van der Waals surface area contributed by atoms with Gasteiger partial charge in [-0.25, -0.2) is 14.5 Å². The molecule has 0 amide bonds. The van der Waals surface area contributed by atoms with E-state index in [4.69, 9.17) is 0 Å². The summed E-state index contributed by atoms with van der Waals surface area (Å²) in [5, 5.41) is 13.4. The van der Waals surface area contributed by atoms with Gasteiger partial charge < -0.3 is 10.1 Å². The molecule has 0 fully saturated rings. The predicted molar refractivity (Wildman–Crippen MR) is 77.3 cm³/mol. The molecule has 0 aliphatic rings. The number of hydrogen-bond acceptors (Lipinski definition) is 3. The number of rotatable bonds is 2. The number of nitrogens with one attached hydrogen (secondary N) is 1. The lowest BCUT2D eigenvalue weighted by molar-refractivity contribution is 0.0695. The monoisotopic (exact) mass is 334 g/mol. The van der Waals surface area contributed by atoms with Crippen LogP contribution in [0.4, 0.5) is 0 Å². The predicted octanol–water partition coefficient (Wildman–Crippen LogP) is 2.83. The van der Waals surface area contributed by atoms with Crippen molar-refractivity contribution in [3.05, 3.63) is 39.6 Å². The molecule has 2 N–H and O–H groups in total. The van der Waals surface area contributed by atoms with Crippen LogP contribution in [-0.4, -0.2) is 30.8 Å². The van der Waals surface area contributed by atoms with Crippen molar-refractivity contribution >= 4 is 32.9 Å². The molecule has 0 aliphatic carbocycles. The molecule has 0 radical (unpaired) electrons. The summed E-state index contributed by atoms with van der Waals surface area (Å²) in [4.78, 5) is 18.8. The fraction of sp³-hybridized carbons (Fsp3) is 0.154. The highest BCUT2D eigenvalue weighted by molar-refractivity contribution is 9.10. The van der Waals surface area contributed by atoms with E-state index in [0.29, 0.717) is 17.3 Å². The third-order valence-electron chi connectivity index (χ3n) is 3.14. The molecule has 0 saturated heterocycles. The lowest BCUT2D eigenvalue weighted by atomic mass is 10.2. The Labute approximate surface area is 122 Å². The molecule has 0 unspecified atom stereocenters. The molecule has 20 heavy (non-hydrogen) atoms. The summed E-state index contributed by atoms with van der Waals surface area (Å²) in [6.07, 6.45) is 0. The number of carboxylic acids is 1. The van der Waals surface area contributed by atoms with Crippen molar-refractivity contribution in [3.63, 3.8) is 0 Å². The number of nitrogens with zero attached hydrogens (tertiary/aromatic N) is 3. The molecule has 7 heteroatoms. The number of hydrogen-bond donors (Lipinski definition) is 2. The van der Waals surface area contributed by atoms with Crippen molar-refractivity contribution in [1.29, 1.82) is 0 Å². The molecule has 0 spiro atoms. The molecule has 6 nitrogen and oxygen atoms in total. The van der Waals surface area contributed by atoms with Crippen LogP contribution in [-0.2, 0) is 0 Å². The number of carbonyl (C=O) groups is 1. The molecule has 2 aromatic heterocycles. The minimum Gasteiger partial charge on any atom is -0.478 e. The first kappa shape index (κ1) is 12.9. The van der Waals surface area contributed by atoms with E-state index in [-0.39, 0.29) is 5.56 Å². The largest absolute Gasteiger partial charge is 0.478 e. The molecular weight excluding hydrogens is 324 g/mol. The number of aryl methyl sites for hydroxylation is 1. The summed E-state index contributed by atoms with van der Waals surface area (Å²) in [7, 11) is 0. The van der Waals surface area contributed by atoms with E-state index in [0.717, 1.165) is 15.5 Å². The number of halogens is 1. The van der Waals surface area contributed by atoms with Crippen LogP contribution in [0.1, 0.15) is 21.7 Å². The molecule has 0 bridgehead atoms. The van der Waals surface area contributed by atoms with E-state index in [2.05, 4.69) is 31.0 Å². The second-order valence-electron chi connectivity index (χ2n) is 4.48. The van der Waals surface area contributed by atoms with Gasteiger partial charge in [-0.15, -0.1) is 0 Å². The molecule has 3 aromatic rings. The number of aromatic amines is 1. The zero-order valence-corrected chi connectivity index (χ0v) is 12.4. The number of aromatic carboxylic acids is 1. The first-order chi connectivity index (χ1) is 9.47. The Morgan fingerprint density at radius 2 is 2.15 bits per heavy atom. The van der Waals surface area contributed by atoms with Crippen molar-refractivity contribution in [2.24, 2.45) is 0 Å². The minimum absolute atomic E-state index is 0.214. The van der Waals surface area contributed by atoms with Crippen LogP contribution in [0.2, 0.25) is 0 Å². The van der Waals surface area contributed by atoms with Crippen molar-refractivity contribution in [3.8, 4) is 5.95 Å². The SMILES string of the molecule is Cc1nn(-c2nc3cc(Br)ccc3[nH]2)c(C)c1C(=O)O. The number of imidazole rings is 1. The van der Waals surface area contributed by atoms with E-state index in [9.17, 15) is 9.90 Å². The molecule has 3 rings (SSSR count). The Hall–Kier alpha value is -2.15. The van der Waals surface area contributed by atoms with Crippen molar-refractivity contribution in [1.82, 2.24) is 19.7 Å². The van der Waals surface area contributed by atoms with Gasteiger partial charge in [-0.1, -0.05) is 15.9 Å². The third kappa shape index (κ3) is 1.90. The van der Waals surface area contributed by atoms with Crippen LogP contribution >= 0.6 is 15.9 Å². The molecule has 0 aliphatic heterocycles. The van der Waals surface area contributed by atoms with Gasteiger partial charge in [0.2, 0.25) is 5.95 Å². The Kier molecular flexibility index (Phi) is 2.86. The van der Waals surface area contributed by atoms with E-state index >= 15 is 0 Å². The van der Waals surface area contributed by atoms with E-state index in [1.807, 2.05) is 18.2 Å². The number of H-pyrrole nitrogens is 1. The normalized spacial score (nSPS) is 11.2. The highest BCUT2D eigenvalue weighted by atomic mass is 79.9. The van der Waals surface area contributed by atoms with Crippen LogP contribution in [0.15, 0.2) is 22.7 Å². The van der Waals surface area contributed by atoms with Gasteiger partial charge >= 0.3 is 5.97 Å². The lowest BCUT2D eigenvalue weighted by Crippen LogP contribution is -2.03. The van der Waals surface area contributed by atoms with Gasteiger partial charge in [0, 0.05) is 4.47 Å². The Morgan fingerprint density at radius 1 is 1.40 bits per heavy atom. The van der Waals surface area contributed by atoms with E-state index in [1.165, 1.54) is 4.68 Å². The summed E-state index contributed by atoms with van der Waals surface area (Å²) in [5.74, 6) is -0.476. The van der Waals surface area contributed by atoms with Gasteiger partial charge in [-0.05, 0) is 32.0 Å². The molecule has 2 heterocycles. The zero-order chi connectivity index (χ0) is 14.4. The van der Waals surface area contributed by atoms with Gasteiger partial charge in [-0.2, -0.15) is 5.10 Å². The summed E-state index contributed by atoms with van der Waals surface area (Å²) < 4.78 is 2.45. The second-order valence-corrected chi connectivity index (χ2v) is 5.40. The number of aromatic nitrogens is 4. The van der Waals surface area contributed by atoms with Gasteiger partial charge in [0.25, 0.3) is 0 Å². The standard InChI is InChI=1S/C13H11BrN4O2/c1-6-11(12(19)20)7(2)18(17-6)13-15-9-4-3-8(14)5-10(9)16-13/h3-5H,1-2H3,(H,15,16)(H,19,20). The van der Waals surface area contributed by atoms with Gasteiger partial charge in [0.1, 0.15) is 5.56 Å². The first-order valence-corrected chi connectivity index (χ1v) is 6.72. The molecule has 102 valence electrons. The quantitative estimate of drug-likeness (QED) is 0.754. The van der Waals surface area contributed by atoms with Crippen molar-refractivity contribution < 1.29 is 9.90 Å². The van der Waals surface area contributed by atoms with Crippen LogP contribution in [0.3, 0.4) is 0 Å². The summed E-state index contributed by atoms with van der Waals surface area (Å²) in [6, 6.07) is 5.70. The van der Waals surface area contributed by atoms with Gasteiger partial charge in [-0.3, -0.25) is 0 Å². The minimum atomic E-state index is -0.981. The molecular formula is C13H11BrN4O2. The number of carboxylic acid groups (broad SMARTS) is 1. The molecule has 0 atom stereocenters. The lowest BCUT2D eigenvalue weighted by Gasteiger charge is -1.98. The van der Waals surface area contributed by atoms with Gasteiger partial charge in [0.05, 0.1) is 22.4 Å². The Morgan fingerprint density at radius 3 is 2.80 bits per heavy atom. The topological polar surface area (TPSA) is 83.8 Å². The highest BCUT2D eigenvalue weighted by Crippen LogP contribution is 2.21. The van der Waals surface area contributed by atoms with Gasteiger partial charge in [0.15, 0.2) is 0 Å². The van der Waals surface area contributed by atoms with E-state index < -0.39 is 5.97 Å². The zero-order valence-electron chi connectivity index (χ0n) is 10.8. The fourth-order valence-corrected chi connectivity index (χ4v) is 2.57. The van der Waals surface area contributed by atoms with E-state index in [1.54, 1.807) is 13.8 Å². The maximum atomic E-state index is 11.2. The van der Waals surface area contributed by atoms with Crippen LogP contribution in [0, 0.1) is 13.8 Å². The molecule has 1 aromatic carbocycles. The smallest absolute Gasteiger partial charge is 0.339 e. The maximum Gasteiger partial charge on any atom is 0.339 e. The number of benzene rings is 1. The van der Waals surface area contributed by atoms with Crippen LogP contribution in [0.5, 0.6) is 0 Å². The number of fused-ring (bicyclic) bond motifs is 1. The fourth-order valence-electron chi connectivity index (χ4n) is 2.22. The summed E-state index contributed by atoms with van der Waals surface area (Å²) in [5.41, 5.74) is 2.89. The first-order valence-electron chi connectivity index (χ1n) is 5.92. The average Bonchev–Trinajstić information content (AvgIpc) is 2.89. The Balaban J connectivity index is 2.21. The van der Waals surface area contributed by atoms with Crippen molar-refractivity contribution in [2.45, 2.75) is 13.8 Å². The third-order valence-corrected chi connectivity index (χ3v) is 3.63. The second kappa shape index (κ2) is 4.45. The van der Waals surface area contributed by atoms with Crippen molar-refractivity contribution in [2.75, 3.05) is 0 Å². The summed E-state index contributed by atoms with van der Waals surface area (Å²) in [6.45, 7) is 3.39. The summed E-state index contributed by atoms with van der Waals surface area (Å²) >= 11 is 3.39. The Bertz CT molecular complexity index is 834. The van der Waals surface area contributed by atoms with Crippen LogP contribution < -0.4 is 0 Å². The highest BCUT2D eigenvalue weighted by Gasteiger charge is 2.20. The maximum absolute atomic E-state index is 11.2.